The number of nitrogen functional groups attached to an aromatic ring is 1. The van der Waals surface area contributed by atoms with Crippen molar-refractivity contribution in [3.63, 3.8) is 0 Å². The molecule has 27 heavy (non-hydrogen) atoms. The number of hydrogen-bond donors (Lipinski definition) is 6. The topological polar surface area (TPSA) is 214 Å². The molecule has 3 rings (SSSR count). The Morgan fingerprint density at radius 1 is 1.33 bits per heavy atom. The minimum Gasteiger partial charge on any atom is -0.481 e. The Balaban J connectivity index is 0.000000249. The van der Waals surface area contributed by atoms with E-state index in [1.54, 1.807) is 4.57 Å². The highest BCUT2D eigenvalue weighted by atomic mass is 16.5. The monoisotopic (exact) mass is 385 g/mol. The molecule has 1 aliphatic rings. The van der Waals surface area contributed by atoms with Gasteiger partial charge in [0.2, 0.25) is 0 Å². The van der Waals surface area contributed by atoms with E-state index < -0.39 is 36.8 Å². The lowest BCUT2D eigenvalue weighted by molar-refractivity contribution is -0.152. The molecule has 0 aromatic carbocycles. The van der Waals surface area contributed by atoms with E-state index in [4.69, 9.17) is 30.9 Å². The number of ether oxygens (including phenoxy) is 1. The maximum atomic E-state index is 9.93. The molecule has 3 heterocycles. The van der Waals surface area contributed by atoms with Crippen molar-refractivity contribution in [2.75, 3.05) is 12.3 Å². The zero-order chi connectivity index (χ0) is 20.1. The van der Waals surface area contributed by atoms with E-state index in [1.165, 1.54) is 12.7 Å². The van der Waals surface area contributed by atoms with Gasteiger partial charge in [0.1, 0.15) is 17.9 Å². The van der Waals surface area contributed by atoms with Crippen LogP contribution in [0.25, 0.3) is 11.2 Å². The predicted octanol–water partition coefficient (Wildman–Crippen LogP) is -2.04. The largest absolute Gasteiger partial charge is 0.481 e. The first-order chi connectivity index (χ1) is 12.7. The van der Waals surface area contributed by atoms with Gasteiger partial charge < -0.3 is 36.0 Å². The lowest BCUT2D eigenvalue weighted by Crippen LogP contribution is -2.22. The van der Waals surface area contributed by atoms with Gasteiger partial charge in [0, 0.05) is 6.42 Å². The van der Waals surface area contributed by atoms with E-state index in [0.29, 0.717) is 17.6 Å². The Kier molecular flexibility index (Phi) is 6.57. The standard InChI is InChI=1S/C10H13N5O3.C4H6O5/c11-8-7-9(13-3-12-8)15(4-14-7)10-6(17)1-5(2-16)18-10;5-2(4(8)9)1-3(6)7/h3-6,10,16-17H,1-2H2,(H2,11,12,13);2,5H,1H2,(H,6,7)(H,8,9)/t5-,6+,10+;/m0./s1. The molecule has 0 spiro atoms. The molecule has 4 atom stereocenters. The summed E-state index contributed by atoms with van der Waals surface area (Å²) in [6.07, 6.45) is -1.03. The van der Waals surface area contributed by atoms with Crippen molar-refractivity contribution in [3.05, 3.63) is 12.7 Å². The van der Waals surface area contributed by atoms with Gasteiger partial charge in [-0.3, -0.25) is 9.36 Å². The van der Waals surface area contributed by atoms with Gasteiger partial charge in [-0.1, -0.05) is 0 Å². The number of carboxylic acids is 2. The van der Waals surface area contributed by atoms with Crippen LogP contribution in [-0.4, -0.2) is 81.9 Å². The van der Waals surface area contributed by atoms with Crippen LogP contribution < -0.4 is 5.73 Å². The molecule has 1 unspecified atom stereocenters. The lowest BCUT2D eigenvalue weighted by atomic mass is 10.2. The average Bonchev–Trinajstić information content (AvgIpc) is 3.18. The van der Waals surface area contributed by atoms with E-state index >= 15 is 0 Å². The first-order valence-electron chi connectivity index (χ1n) is 7.74. The Morgan fingerprint density at radius 2 is 2.04 bits per heavy atom. The van der Waals surface area contributed by atoms with Gasteiger partial charge in [-0.05, 0) is 0 Å². The SMILES string of the molecule is Nc1ncnc2c1ncn2[C@@H]1O[C@H](CO)C[C@H]1O.O=C(O)CC(O)C(=O)O. The molecule has 1 fully saturated rings. The first kappa shape index (κ1) is 20.4. The predicted molar refractivity (Wildman–Crippen MR) is 87.3 cm³/mol. The molecule has 1 aliphatic heterocycles. The summed E-state index contributed by atoms with van der Waals surface area (Å²) in [4.78, 5) is 31.5. The normalized spacial score (nSPS) is 22.9. The fraction of sp³-hybridized carbons (Fsp3) is 0.500. The number of hydrogen-bond acceptors (Lipinski definition) is 10. The summed E-state index contributed by atoms with van der Waals surface area (Å²) >= 11 is 0. The third kappa shape index (κ3) is 4.85. The minimum atomic E-state index is -1.79. The van der Waals surface area contributed by atoms with Crippen molar-refractivity contribution in [2.45, 2.75) is 37.4 Å². The molecule has 7 N–H and O–H groups in total. The molecule has 13 heteroatoms. The van der Waals surface area contributed by atoms with Crippen LogP contribution in [0, 0.1) is 0 Å². The highest BCUT2D eigenvalue weighted by Gasteiger charge is 2.35. The summed E-state index contributed by atoms with van der Waals surface area (Å²) in [7, 11) is 0. The third-order valence-electron chi connectivity index (χ3n) is 3.68. The maximum Gasteiger partial charge on any atom is 0.333 e. The summed E-state index contributed by atoms with van der Waals surface area (Å²) in [5.74, 6) is -2.56. The van der Waals surface area contributed by atoms with Gasteiger partial charge in [0.25, 0.3) is 0 Å². The molecule has 1 saturated heterocycles. The lowest BCUT2D eigenvalue weighted by Gasteiger charge is -2.16. The van der Waals surface area contributed by atoms with E-state index in [1.807, 2.05) is 0 Å². The van der Waals surface area contributed by atoms with Crippen LogP contribution in [0.2, 0.25) is 0 Å². The van der Waals surface area contributed by atoms with Crippen LogP contribution in [0.1, 0.15) is 19.1 Å². The Morgan fingerprint density at radius 3 is 2.56 bits per heavy atom. The number of aliphatic hydroxyl groups is 3. The molecule has 0 bridgehead atoms. The summed E-state index contributed by atoms with van der Waals surface area (Å²) in [6.45, 7) is -0.128. The van der Waals surface area contributed by atoms with Crippen molar-refractivity contribution in [1.82, 2.24) is 19.5 Å². The second-order valence-corrected chi connectivity index (χ2v) is 5.67. The second kappa shape index (κ2) is 8.68. The number of nitrogens with zero attached hydrogens (tertiary/aromatic N) is 4. The number of aromatic nitrogens is 4. The van der Waals surface area contributed by atoms with Crippen molar-refractivity contribution < 1.29 is 39.9 Å². The molecule has 0 saturated carbocycles. The summed E-state index contributed by atoms with van der Waals surface area (Å²) in [5, 5.41) is 43.1. The highest BCUT2D eigenvalue weighted by molar-refractivity contribution is 5.81. The molecule has 148 valence electrons. The molecule has 0 aliphatic carbocycles. The maximum absolute atomic E-state index is 9.93. The fourth-order valence-corrected chi connectivity index (χ4v) is 2.41. The number of aliphatic hydroxyl groups excluding tert-OH is 3. The molecule has 2 aromatic rings. The fourth-order valence-electron chi connectivity index (χ4n) is 2.41. The van der Waals surface area contributed by atoms with Crippen LogP contribution in [0.15, 0.2) is 12.7 Å². The van der Waals surface area contributed by atoms with Crippen molar-refractivity contribution in [2.24, 2.45) is 0 Å². The van der Waals surface area contributed by atoms with Crippen molar-refractivity contribution in [3.8, 4) is 0 Å². The summed E-state index contributed by atoms with van der Waals surface area (Å²) in [6, 6.07) is 0. The number of carboxylic acid groups (broad SMARTS) is 2. The van der Waals surface area contributed by atoms with Crippen LogP contribution >= 0.6 is 0 Å². The Labute approximate surface area is 151 Å². The van der Waals surface area contributed by atoms with E-state index in [0.717, 1.165) is 0 Å². The van der Waals surface area contributed by atoms with Gasteiger partial charge in [-0.25, -0.2) is 19.7 Å². The van der Waals surface area contributed by atoms with Crippen molar-refractivity contribution >= 4 is 28.9 Å². The average molecular weight is 385 g/mol. The number of fused-ring (bicyclic) bond motifs is 1. The minimum absolute atomic E-state index is 0.128. The van der Waals surface area contributed by atoms with Gasteiger partial charge >= 0.3 is 11.9 Å². The third-order valence-corrected chi connectivity index (χ3v) is 3.68. The molecular formula is C14H19N5O8. The quantitative estimate of drug-likeness (QED) is 0.328. The second-order valence-electron chi connectivity index (χ2n) is 5.67. The molecule has 2 aromatic heterocycles. The molecule has 0 radical (unpaired) electrons. The van der Waals surface area contributed by atoms with E-state index in [2.05, 4.69) is 15.0 Å². The highest BCUT2D eigenvalue weighted by Crippen LogP contribution is 2.31. The van der Waals surface area contributed by atoms with Gasteiger partial charge in [-0.2, -0.15) is 0 Å². The van der Waals surface area contributed by atoms with Crippen LogP contribution in [0.4, 0.5) is 5.82 Å². The number of rotatable bonds is 5. The number of carbonyl (C=O) groups is 2. The molecule has 13 nitrogen and oxygen atoms in total. The van der Waals surface area contributed by atoms with Gasteiger partial charge in [0.15, 0.2) is 23.8 Å². The van der Waals surface area contributed by atoms with Gasteiger partial charge in [0.05, 0.1) is 25.5 Å². The number of imidazole rings is 1. The van der Waals surface area contributed by atoms with Crippen molar-refractivity contribution in [1.29, 1.82) is 0 Å². The molecule has 0 amide bonds. The van der Waals surface area contributed by atoms with E-state index in [-0.39, 0.29) is 18.5 Å². The Hall–Kier alpha value is -2.87. The number of aliphatic carboxylic acids is 2. The summed E-state index contributed by atoms with van der Waals surface area (Å²) < 4.78 is 7.14. The van der Waals surface area contributed by atoms with Crippen LogP contribution in [-0.2, 0) is 14.3 Å². The first-order valence-corrected chi connectivity index (χ1v) is 7.74. The van der Waals surface area contributed by atoms with Crippen LogP contribution in [0.3, 0.4) is 0 Å². The number of anilines is 1. The van der Waals surface area contributed by atoms with Gasteiger partial charge in [-0.15, -0.1) is 0 Å². The van der Waals surface area contributed by atoms with E-state index in [9.17, 15) is 14.7 Å². The number of nitrogens with two attached hydrogens (primary N) is 1. The van der Waals surface area contributed by atoms with Crippen LogP contribution in [0.5, 0.6) is 0 Å². The zero-order valence-corrected chi connectivity index (χ0v) is 13.9. The molecular weight excluding hydrogens is 366 g/mol. The zero-order valence-electron chi connectivity index (χ0n) is 13.9. The smallest absolute Gasteiger partial charge is 0.333 e. The summed E-state index contributed by atoms with van der Waals surface area (Å²) in [5.41, 5.74) is 6.66. The Bertz CT molecular complexity index is 812.